The Morgan fingerprint density at radius 2 is 2.04 bits per heavy atom. The summed E-state index contributed by atoms with van der Waals surface area (Å²) in [5.41, 5.74) is 6.37. The summed E-state index contributed by atoms with van der Waals surface area (Å²) < 4.78 is 0. The first-order valence-corrected chi connectivity index (χ1v) is 8.63. The molecule has 1 aliphatic rings. The number of fused-ring (bicyclic) bond motifs is 1. The summed E-state index contributed by atoms with van der Waals surface area (Å²) in [5, 5.41) is 15.3. The van der Waals surface area contributed by atoms with E-state index in [-0.39, 0.29) is 18.4 Å². The molecule has 1 aliphatic heterocycles. The van der Waals surface area contributed by atoms with Crippen molar-refractivity contribution >= 4 is 28.3 Å². The first-order chi connectivity index (χ1) is 12.5. The molecule has 1 amide bonds. The number of rotatable bonds is 6. The molecule has 1 unspecified atom stereocenters. The molecule has 2 aromatic rings. The molecule has 1 heterocycles. The third-order valence-corrected chi connectivity index (χ3v) is 4.52. The third kappa shape index (κ3) is 4.01. The van der Waals surface area contributed by atoms with Crippen molar-refractivity contribution in [2.24, 2.45) is 11.7 Å². The highest BCUT2D eigenvalue weighted by Gasteiger charge is 2.30. The fourth-order valence-electron chi connectivity index (χ4n) is 3.06. The molecule has 2 aromatic carbocycles. The number of hydrogen-bond donors (Lipinski definition) is 3. The van der Waals surface area contributed by atoms with Crippen LogP contribution in [0.15, 0.2) is 42.5 Å². The van der Waals surface area contributed by atoms with Crippen LogP contribution in [0.3, 0.4) is 0 Å². The van der Waals surface area contributed by atoms with Gasteiger partial charge in [0.25, 0.3) is 5.91 Å². The molecule has 7 nitrogen and oxygen atoms in total. The Morgan fingerprint density at radius 1 is 1.31 bits per heavy atom. The summed E-state index contributed by atoms with van der Waals surface area (Å²) in [7, 11) is 0. The molecule has 26 heavy (non-hydrogen) atoms. The minimum absolute atomic E-state index is 0.0138. The van der Waals surface area contributed by atoms with Crippen molar-refractivity contribution in [2.75, 3.05) is 18.2 Å². The number of nitrogens with one attached hydrogen (secondary N) is 1. The number of carboxylic acids is 1. The summed E-state index contributed by atoms with van der Waals surface area (Å²) >= 11 is 0. The number of benzene rings is 2. The molecule has 0 aliphatic carbocycles. The predicted molar refractivity (Wildman–Crippen MR) is 98.6 cm³/mol. The van der Waals surface area contributed by atoms with Crippen molar-refractivity contribution in [1.82, 2.24) is 5.32 Å². The highest BCUT2D eigenvalue weighted by atomic mass is 16.7. The molecular formula is C19H23N3O4. The van der Waals surface area contributed by atoms with Gasteiger partial charge >= 0.3 is 5.97 Å². The summed E-state index contributed by atoms with van der Waals surface area (Å²) in [6.07, 6.45) is 0.466. The van der Waals surface area contributed by atoms with Gasteiger partial charge in [-0.25, -0.2) is 0 Å². The summed E-state index contributed by atoms with van der Waals surface area (Å²) in [6.45, 7) is 2.38. The Kier molecular flexibility index (Phi) is 5.51. The lowest BCUT2D eigenvalue weighted by Crippen LogP contribution is -2.43. The first-order valence-electron chi connectivity index (χ1n) is 8.63. The average molecular weight is 357 g/mol. The number of carbonyl (C=O) groups excluding carboxylic acids is 1. The second-order valence-electron chi connectivity index (χ2n) is 6.65. The maximum atomic E-state index is 12.5. The number of nitrogens with zero attached hydrogens (tertiary/aromatic N) is 1. The lowest BCUT2D eigenvalue weighted by molar-refractivity contribution is -0.139. The van der Waals surface area contributed by atoms with Gasteiger partial charge in [-0.05, 0) is 42.2 Å². The van der Waals surface area contributed by atoms with Crippen LogP contribution in [0.25, 0.3) is 10.8 Å². The monoisotopic (exact) mass is 357 g/mol. The second kappa shape index (κ2) is 7.82. The van der Waals surface area contributed by atoms with Crippen LogP contribution in [0.1, 0.15) is 13.3 Å². The van der Waals surface area contributed by atoms with E-state index in [9.17, 15) is 9.59 Å². The molecule has 1 fully saturated rings. The molecule has 0 saturated carbocycles. The van der Waals surface area contributed by atoms with Crippen molar-refractivity contribution in [3.63, 3.8) is 0 Å². The van der Waals surface area contributed by atoms with Crippen LogP contribution < -0.4 is 16.1 Å². The van der Waals surface area contributed by atoms with Crippen LogP contribution in [0.4, 0.5) is 5.69 Å². The molecule has 1 saturated heterocycles. The molecule has 138 valence electrons. The quantitative estimate of drug-likeness (QED) is 0.677. The van der Waals surface area contributed by atoms with Gasteiger partial charge in [0, 0.05) is 6.54 Å². The van der Waals surface area contributed by atoms with Gasteiger partial charge in [0.2, 0.25) is 0 Å². The van der Waals surface area contributed by atoms with E-state index in [1.807, 2.05) is 42.5 Å². The largest absolute Gasteiger partial charge is 0.480 e. The Bertz CT molecular complexity index is 808. The van der Waals surface area contributed by atoms with Crippen LogP contribution in [-0.4, -0.2) is 42.2 Å². The molecule has 0 aromatic heterocycles. The highest BCUT2D eigenvalue weighted by Crippen LogP contribution is 2.24. The van der Waals surface area contributed by atoms with Crippen LogP contribution in [0.5, 0.6) is 0 Å². The van der Waals surface area contributed by atoms with E-state index in [2.05, 4.69) is 5.32 Å². The number of carboxylic acid groups (broad SMARTS) is 1. The molecule has 0 radical (unpaired) electrons. The first kappa shape index (κ1) is 18.3. The summed E-state index contributed by atoms with van der Waals surface area (Å²) in [5.74, 6) is -1.20. The van der Waals surface area contributed by atoms with E-state index < -0.39 is 18.1 Å². The number of carbonyl (C=O) groups is 2. The van der Waals surface area contributed by atoms with Crippen molar-refractivity contribution in [3.05, 3.63) is 42.5 Å². The van der Waals surface area contributed by atoms with Gasteiger partial charge in [-0.3, -0.25) is 14.4 Å². The molecule has 0 bridgehead atoms. The van der Waals surface area contributed by atoms with E-state index >= 15 is 0 Å². The molecule has 3 atom stereocenters. The third-order valence-electron chi connectivity index (χ3n) is 4.52. The van der Waals surface area contributed by atoms with Crippen molar-refractivity contribution < 1.29 is 19.5 Å². The maximum absolute atomic E-state index is 12.5. The zero-order chi connectivity index (χ0) is 18.7. The minimum Gasteiger partial charge on any atom is -0.480 e. The second-order valence-corrected chi connectivity index (χ2v) is 6.65. The fourth-order valence-corrected chi connectivity index (χ4v) is 3.06. The Balaban J connectivity index is 1.76. The van der Waals surface area contributed by atoms with Gasteiger partial charge in [-0.15, -0.1) is 0 Å². The van der Waals surface area contributed by atoms with Gasteiger partial charge < -0.3 is 16.2 Å². The van der Waals surface area contributed by atoms with E-state index in [0.29, 0.717) is 18.7 Å². The van der Waals surface area contributed by atoms with Gasteiger partial charge in [0.1, 0.15) is 6.04 Å². The smallest absolute Gasteiger partial charge is 0.320 e. The van der Waals surface area contributed by atoms with Gasteiger partial charge in [0.15, 0.2) is 0 Å². The summed E-state index contributed by atoms with van der Waals surface area (Å²) in [6, 6.07) is 12.2. The van der Waals surface area contributed by atoms with Gasteiger partial charge in [-0.1, -0.05) is 30.3 Å². The van der Waals surface area contributed by atoms with Gasteiger partial charge in [0.05, 0.1) is 18.3 Å². The molecule has 3 rings (SSSR count). The van der Waals surface area contributed by atoms with Crippen LogP contribution in [0.2, 0.25) is 0 Å². The Morgan fingerprint density at radius 3 is 2.69 bits per heavy atom. The van der Waals surface area contributed by atoms with Crippen molar-refractivity contribution in [2.45, 2.75) is 25.4 Å². The molecular weight excluding hydrogens is 334 g/mol. The van der Waals surface area contributed by atoms with E-state index in [0.717, 1.165) is 10.8 Å². The number of nitrogens with two attached hydrogens (primary N) is 1. The van der Waals surface area contributed by atoms with E-state index in [1.165, 1.54) is 5.06 Å². The van der Waals surface area contributed by atoms with Crippen LogP contribution in [-0.2, 0) is 14.4 Å². The highest BCUT2D eigenvalue weighted by molar-refractivity contribution is 5.97. The van der Waals surface area contributed by atoms with Gasteiger partial charge in [-0.2, -0.15) is 5.06 Å². The number of aliphatic carboxylic acids is 1. The van der Waals surface area contributed by atoms with E-state index in [1.54, 1.807) is 6.92 Å². The van der Waals surface area contributed by atoms with Crippen molar-refractivity contribution in [3.8, 4) is 0 Å². The van der Waals surface area contributed by atoms with Crippen molar-refractivity contribution in [1.29, 1.82) is 0 Å². The number of anilines is 1. The Labute approximate surface area is 151 Å². The minimum atomic E-state index is -0.870. The van der Waals surface area contributed by atoms with Crippen LogP contribution >= 0.6 is 0 Å². The Hall–Kier alpha value is -2.48. The number of hydroxylamine groups is 1. The number of hydrogen-bond acceptors (Lipinski definition) is 5. The average Bonchev–Trinajstić information content (AvgIpc) is 3.11. The zero-order valence-electron chi connectivity index (χ0n) is 14.6. The fraction of sp³-hybridized carbons (Fsp3) is 0.368. The lowest BCUT2D eigenvalue weighted by atomic mass is 10.1. The normalized spacial score (nSPS) is 20.8. The molecule has 7 heteroatoms. The molecule has 0 spiro atoms. The zero-order valence-corrected chi connectivity index (χ0v) is 14.6. The summed E-state index contributed by atoms with van der Waals surface area (Å²) in [4.78, 5) is 29.4. The predicted octanol–water partition coefficient (Wildman–Crippen LogP) is 1.51. The SMILES string of the molecule is C[C@H](N)C(=O)N(OCC1CN[C@H](C(=O)O)C1)c1ccc2ccccc2c1. The van der Waals surface area contributed by atoms with Crippen LogP contribution in [0, 0.1) is 5.92 Å². The number of amides is 1. The maximum Gasteiger partial charge on any atom is 0.320 e. The molecule has 4 N–H and O–H groups in total. The standard InChI is InChI=1S/C19H23N3O4/c1-12(20)18(23)22(26-11-13-8-17(19(24)25)21-10-13)16-7-6-14-4-2-3-5-15(14)9-16/h2-7,9,12-13,17,21H,8,10-11,20H2,1H3,(H,24,25)/t12-,13?,17-/m0/s1. The lowest BCUT2D eigenvalue weighted by Gasteiger charge is -2.25. The van der Waals surface area contributed by atoms with E-state index in [4.69, 9.17) is 15.7 Å². The topological polar surface area (TPSA) is 105 Å².